The van der Waals surface area contributed by atoms with Gasteiger partial charge in [0.05, 0.1) is 29.8 Å². The summed E-state index contributed by atoms with van der Waals surface area (Å²) in [5.74, 6) is -3.39. The molecule has 0 saturated carbocycles. The van der Waals surface area contributed by atoms with Crippen LogP contribution >= 0.6 is 11.6 Å². The number of imidazole rings is 1. The first-order chi connectivity index (χ1) is 17.7. The fraction of sp³-hybridized carbons (Fsp3) is 0.167. The molecule has 2 heterocycles. The van der Waals surface area contributed by atoms with E-state index in [1.807, 2.05) is 0 Å². The smallest absolute Gasteiger partial charge is 0.329 e. The zero-order chi connectivity index (χ0) is 26.9. The van der Waals surface area contributed by atoms with Crippen molar-refractivity contribution in [3.8, 4) is 11.9 Å². The highest BCUT2D eigenvalue weighted by molar-refractivity contribution is 6.31. The Morgan fingerprint density at radius 2 is 2.00 bits per heavy atom. The molecule has 13 heteroatoms. The molecule has 10 nitrogen and oxygen atoms in total. The van der Waals surface area contributed by atoms with Crippen LogP contribution in [0.4, 0.5) is 14.5 Å². The number of amides is 1. The van der Waals surface area contributed by atoms with Crippen LogP contribution in [-0.2, 0) is 4.79 Å². The van der Waals surface area contributed by atoms with E-state index in [2.05, 4.69) is 15.3 Å². The number of H-pyrrole nitrogens is 1. The standard InChI is InChI=1S/C24H18ClF2N5O5/c25-16-4-3-15-13(8-29-20(15)19(16)27)6-18-23(36)32(24(37)31-18)21(22(35)30-14(9-33)10-34)11-1-2-12(7-28)17(26)5-11/h1-6,8,14,21,33-34,36H,9-10H2,(H,30,35)(H,31,37). The molecule has 0 spiro atoms. The zero-order valence-corrected chi connectivity index (χ0v) is 19.5. The lowest BCUT2D eigenvalue weighted by molar-refractivity contribution is -0.124. The third kappa shape index (κ3) is 4.75. The van der Waals surface area contributed by atoms with E-state index < -0.39 is 54.4 Å². The number of aliphatic hydroxyl groups excluding tert-OH is 2. The highest BCUT2D eigenvalue weighted by atomic mass is 35.5. The minimum Gasteiger partial charge on any atom is -0.493 e. The maximum absolute atomic E-state index is 14.4. The number of aromatic nitrogens is 2. The Balaban J connectivity index is 1.83. The SMILES string of the molecule is N#Cc1ccc(C(C(=O)NC(CO)CO)n2c(O)c(C=C3C=Nc4c3ccc(Cl)c4F)[nH]c2=O)cc1F. The fourth-order valence-corrected chi connectivity index (χ4v) is 3.96. The molecule has 37 heavy (non-hydrogen) atoms. The van der Waals surface area contributed by atoms with Crippen molar-refractivity contribution in [1.29, 1.82) is 5.26 Å². The van der Waals surface area contributed by atoms with Crippen LogP contribution in [0.3, 0.4) is 0 Å². The molecule has 1 unspecified atom stereocenters. The first kappa shape index (κ1) is 25.8. The molecule has 0 radical (unpaired) electrons. The van der Waals surface area contributed by atoms with Crippen LogP contribution in [0.1, 0.15) is 28.4 Å². The van der Waals surface area contributed by atoms with Crippen molar-refractivity contribution in [1.82, 2.24) is 14.9 Å². The highest BCUT2D eigenvalue weighted by Gasteiger charge is 2.31. The summed E-state index contributed by atoms with van der Waals surface area (Å²) in [7, 11) is 0. The average molecular weight is 530 g/mol. The summed E-state index contributed by atoms with van der Waals surface area (Å²) in [4.78, 5) is 32.4. The van der Waals surface area contributed by atoms with Gasteiger partial charge >= 0.3 is 5.69 Å². The number of nitrogens with zero attached hydrogens (tertiary/aromatic N) is 3. The van der Waals surface area contributed by atoms with Crippen molar-refractivity contribution < 1.29 is 28.9 Å². The molecule has 3 aromatic rings. The Kier molecular flexibility index (Phi) is 7.21. The predicted molar refractivity (Wildman–Crippen MR) is 130 cm³/mol. The maximum atomic E-state index is 14.4. The van der Waals surface area contributed by atoms with Gasteiger partial charge in [0.2, 0.25) is 11.8 Å². The minimum atomic E-state index is -1.67. The number of rotatable bonds is 7. The minimum absolute atomic E-state index is 0.0237. The molecule has 2 aromatic carbocycles. The van der Waals surface area contributed by atoms with Crippen LogP contribution in [0, 0.1) is 23.0 Å². The fourth-order valence-electron chi connectivity index (χ4n) is 3.81. The molecule has 1 aliphatic rings. The molecule has 5 N–H and O–H groups in total. The van der Waals surface area contributed by atoms with Crippen LogP contribution in [0.5, 0.6) is 5.88 Å². The largest absolute Gasteiger partial charge is 0.493 e. The summed E-state index contributed by atoms with van der Waals surface area (Å²) in [5, 5.41) is 40.8. The summed E-state index contributed by atoms with van der Waals surface area (Å²) >= 11 is 5.79. The van der Waals surface area contributed by atoms with Crippen molar-refractivity contribution in [2.75, 3.05) is 13.2 Å². The van der Waals surface area contributed by atoms with Crippen LogP contribution < -0.4 is 11.0 Å². The molecule has 0 bridgehead atoms. The number of benzene rings is 2. The van der Waals surface area contributed by atoms with Gasteiger partial charge in [-0.3, -0.25) is 9.79 Å². The second-order valence-electron chi connectivity index (χ2n) is 7.98. The van der Waals surface area contributed by atoms with Crippen molar-refractivity contribution >= 4 is 41.1 Å². The summed E-state index contributed by atoms with van der Waals surface area (Å²) < 4.78 is 29.3. The molecular weight excluding hydrogens is 512 g/mol. The Morgan fingerprint density at radius 3 is 2.65 bits per heavy atom. The van der Waals surface area contributed by atoms with Crippen molar-refractivity contribution in [3.05, 3.63) is 79.9 Å². The Morgan fingerprint density at radius 1 is 1.27 bits per heavy atom. The number of hydrogen-bond acceptors (Lipinski definition) is 7. The lowest BCUT2D eigenvalue weighted by Gasteiger charge is -2.22. The normalized spacial score (nSPS) is 14.1. The molecule has 0 fully saturated rings. The second kappa shape index (κ2) is 10.4. The van der Waals surface area contributed by atoms with Crippen LogP contribution in [0.25, 0.3) is 11.6 Å². The first-order valence-corrected chi connectivity index (χ1v) is 11.1. The van der Waals surface area contributed by atoms with E-state index in [-0.39, 0.29) is 27.5 Å². The van der Waals surface area contributed by atoms with Gasteiger partial charge < -0.3 is 25.6 Å². The van der Waals surface area contributed by atoms with E-state index in [4.69, 9.17) is 16.9 Å². The number of aliphatic imine (C=N–C) groups is 1. The van der Waals surface area contributed by atoms with Gasteiger partial charge in [-0.05, 0) is 29.8 Å². The van der Waals surface area contributed by atoms with Crippen molar-refractivity contribution in [2.45, 2.75) is 12.1 Å². The first-order valence-electron chi connectivity index (χ1n) is 10.7. The maximum Gasteiger partial charge on any atom is 0.329 e. The quantitative estimate of drug-likeness (QED) is 0.314. The third-order valence-electron chi connectivity index (χ3n) is 5.67. The number of aromatic amines is 1. The van der Waals surface area contributed by atoms with E-state index in [1.165, 1.54) is 30.5 Å². The van der Waals surface area contributed by atoms with Gasteiger partial charge in [-0.1, -0.05) is 23.7 Å². The third-order valence-corrected chi connectivity index (χ3v) is 5.96. The van der Waals surface area contributed by atoms with E-state index >= 15 is 0 Å². The summed E-state index contributed by atoms with van der Waals surface area (Å²) in [6.45, 7) is -1.28. The molecule has 190 valence electrons. The molecule has 1 aliphatic heterocycles. The molecule has 4 rings (SSSR count). The van der Waals surface area contributed by atoms with E-state index in [0.29, 0.717) is 15.7 Å². The van der Waals surface area contributed by atoms with E-state index in [1.54, 1.807) is 6.07 Å². The Labute approximate surface area is 212 Å². The number of allylic oxidation sites excluding steroid dienone is 1. The molecule has 1 aromatic heterocycles. The Bertz CT molecular complexity index is 1550. The number of carbonyl (C=O) groups excluding carboxylic acids is 1. The number of aliphatic hydroxyl groups is 2. The lowest BCUT2D eigenvalue weighted by atomic mass is 10.0. The summed E-state index contributed by atoms with van der Waals surface area (Å²) in [6, 6.07) is 4.88. The molecular formula is C24H18ClF2N5O5. The van der Waals surface area contributed by atoms with Gasteiger partial charge in [-0.2, -0.15) is 5.26 Å². The van der Waals surface area contributed by atoms with Gasteiger partial charge in [0, 0.05) is 17.4 Å². The number of aromatic hydroxyl groups is 1. The number of nitrogens with one attached hydrogen (secondary N) is 2. The number of nitriles is 1. The lowest BCUT2D eigenvalue weighted by Crippen LogP contribution is -2.45. The highest BCUT2D eigenvalue weighted by Crippen LogP contribution is 2.38. The van der Waals surface area contributed by atoms with Crippen LogP contribution in [0.2, 0.25) is 5.02 Å². The zero-order valence-electron chi connectivity index (χ0n) is 18.7. The molecule has 0 saturated heterocycles. The summed E-state index contributed by atoms with van der Waals surface area (Å²) in [5.41, 5.74) is -0.909. The van der Waals surface area contributed by atoms with E-state index in [9.17, 15) is 33.7 Å². The second-order valence-corrected chi connectivity index (χ2v) is 8.38. The number of fused-ring (bicyclic) bond motifs is 1. The number of halogens is 3. The van der Waals surface area contributed by atoms with Gasteiger partial charge in [0.25, 0.3) is 0 Å². The van der Waals surface area contributed by atoms with Crippen molar-refractivity contribution in [3.63, 3.8) is 0 Å². The molecule has 1 amide bonds. The van der Waals surface area contributed by atoms with E-state index in [0.717, 1.165) is 12.1 Å². The average Bonchev–Trinajstić information content (AvgIpc) is 3.41. The Hall–Kier alpha value is -4.31. The van der Waals surface area contributed by atoms with Crippen molar-refractivity contribution in [2.24, 2.45) is 4.99 Å². The van der Waals surface area contributed by atoms with Gasteiger partial charge in [0.1, 0.15) is 29.3 Å². The number of hydrogen-bond donors (Lipinski definition) is 5. The van der Waals surface area contributed by atoms with Gasteiger partial charge in [-0.15, -0.1) is 0 Å². The van der Waals surface area contributed by atoms with Gasteiger partial charge in [0.15, 0.2) is 5.82 Å². The van der Waals surface area contributed by atoms with Gasteiger partial charge in [-0.25, -0.2) is 18.1 Å². The van der Waals surface area contributed by atoms with Crippen LogP contribution in [0.15, 0.2) is 40.1 Å². The number of carbonyl (C=O) groups is 1. The van der Waals surface area contributed by atoms with Crippen LogP contribution in [-0.4, -0.2) is 56.2 Å². The topological polar surface area (TPSA) is 164 Å². The molecule has 0 aliphatic carbocycles. The summed E-state index contributed by atoms with van der Waals surface area (Å²) in [6.07, 6.45) is 2.60. The predicted octanol–water partition coefficient (Wildman–Crippen LogP) is 2.00. The molecule has 1 atom stereocenters. The monoisotopic (exact) mass is 529 g/mol.